The Balaban J connectivity index is 1.98. The number of ketones is 1. The maximum absolute atomic E-state index is 11.7. The van der Waals surface area contributed by atoms with Crippen molar-refractivity contribution in [3.8, 4) is 0 Å². The second kappa shape index (κ2) is 8.89. The van der Waals surface area contributed by atoms with E-state index in [0.717, 1.165) is 44.9 Å². The normalized spacial score (nSPS) is 36.4. The van der Waals surface area contributed by atoms with Crippen LogP contribution < -0.4 is 5.32 Å². The summed E-state index contributed by atoms with van der Waals surface area (Å²) in [6, 6.07) is 0.0660. The Hall–Kier alpha value is -0.0300. The molecular weight excluding hydrogens is 361 g/mol. The van der Waals surface area contributed by atoms with Gasteiger partial charge in [0, 0.05) is 23.9 Å². The van der Waals surface area contributed by atoms with Gasteiger partial charge in [0.05, 0.1) is 10.8 Å². The Morgan fingerprint density at radius 1 is 1.00 bits per heavy atom. The molecule has 2 saturated carbocycles. The van der Waals surface area contributed by atoms with Gasteiger partial charge in [-0.05, 0) is 50.9 Å². The van der Waals surface area contributed by atoms with Crippen molar-refractivity contribution in [3.63, 3.8) is 0 Å². The quantitative estimate of drug-likeness (QED) is 0.543. The Labute approximate surface area is 152 Å². The first-order chi connectivity index (χ1) is 10.9. The smallest absolute Gasteiger partial charge is 0.372 e. The number of hydrogen-bond donors (Lipinski definition) is 2. The summed E-state index contributed by atoms with van der Waals surface area (Å²) in [5, 5.41) is 12.5. The summed E-state index contributed by atoms with van der Waals surface area (Å²) in [7, 11) is 0. The first-order valence-corrected chi connectivity index (χ1v) is 9.62. The number of Topliss-reactive ketones (excluding diaryl/α,β-unsaturated/α-hetero) is 1. The van der Waals surface area contributed by atoms with Crippen LogP contribution >= 0.6 is 34.8 Å². The lowest BCUT2D eigenvalue weighted by Crippen LogP contribution is -2.48. The minimum Gasteiger partial charge on any atom is -0.476 e. The molecule has 4 unspecified atom stereocenters. The number of aliphatic carboxylic acids is 1. The number of nitrogens with one attached hydrogen (secondary N) is 1. The SMILES string of the molecule is O=C(O)C(=O)CC(NC1CCC(Cl)C(Cl)C1)C1CCC(Cl)CC1. The van der Waals surface area contributed by atoms with Crippen LogP contribution in [0.1, 0.15) is 51.4 Å². The second-order valence-electron chi connectivity index (χ2n) is 6.76. The van der Waals surface area contributed by atoms with E-state index < -0.39 is 11.8 Å². The predicted molar refractivity (Wildman–Crippen MR) is 92.7 cm³/mol. The van der Waals surface area contributed by atoms with E-state index in [4.69, 9.17) is 39.9 Å². The van der Waals surface area contributed by atoms with Gasteiger partial charge in [-0.1, -0.05) is 0 Å². The molecule has 0 heterocycles. The van der Waals surface area contributed by atoms with Gasteiger partial charge in [0.1, 0.15) is 0 Å². The summed E-state index contributed by atoms with van der Waals surface area (Å²) in [5.41, 5.74) is 0. The molecule has 2 rings (SSSR count). The van der Waals surface area contributed by atoms with Crippen molar-refractivity contribution in [2.24, 2.45) is 5.92 Å². The van der Waals surface area contributed by atoms with Gasteiger partial charge in [-0.2, -0.15) is 0 Å². The highest BCUT2D eigenvalue weighted by Gasteiger charge is 2.34. The fraction of sp³-hybridized carbons (Fsp3) is 0.875. The summed E-state index contributed by atoms with van der Waals surface area (Å²) in [6.45, 7) is 0. The van der Waals surface area contributed by atoms with E-state index in [1.54, 1.807) is 0 Å². The number of halogens is 3. The molecule has 2 aliphatic rings. The van der Waals surface area contributed by atoms with E-state index in [-0.39, 0.29) is 40.6 Å². The zero-order valence-corrected chi connectivity index (χ0v) is 15.3. The number of alkyl halides is 3. The van der Waals surface area contributed by atoms with Crippen LogP contribution in [0.3, 0.4) is 0 Å². The van der Waals surface area contributed by atoms with Gasteiger partial charge >= 0.3 is 5.97 Å². The third-order valence-electron chi connectivity index (χ3n) is 5.06. The molecule has 0 bridgehead atoms. The number of hydrogen-bond acceptors (Lipinski definition) is 3. The molecule has 2 N–H and O–H groups in total. The van der Waals surface area contributed by atoms with Crippen molar-refractivity contribution in [3.05, 3.63) is 0 Å². The van der Waals surface area contributed by atoms with Gasteiger partial charge in [0.2, 0.25) is 5.78 Å². The molecule has 0 aromatic heterocycles. The number of carbonyl (C=O) groups is 2. The Kier molecular flexibility index (Phi) is 7.46. The molecule has 4 atom stereocenters. The summed E-state index contributed by atoms with van der Waals surface area (Å²) >= 11 is 18.6. The molecule has 7 heteroatoms. The third-order valence-corrected chi connectivity index (χ3v) is 6.63. The highest BCUT2D eigenvalue weighted by atomic mass is 35.5. The van der Waals surface area contributed by atoms with Crippen molar-refractivity contribution in [1.82, 2.24) is 5.32 Å². The van der Waals surface area contributed by atoms with E-state index in [1.807, 2.05) is 0 Å². The highest BCUT2D eigenvalue weighted by molar-refractivity contribution is 6.32. The Bertz CT molecular complexity index is 427. The standard InChI is InChI=1S/C16H24Cl3NO3/c17-10-3-1-9(2-4-10)14(8-15(21)16(22)23)20-11-5-6-12(18)13(19)7-11/h9-14,20H,1-8H2,(H,22,23). The van der Waals surface area contributed by atoms with Gasteiger partial charge in [0.25, 0.3) is 0 Å². The minimum atomic E-state index is -1.36. The zero-order chi connectivity index (χ0) is 17.0. The van der Waals surface area contributed by atoms with Crippen LogP contribution in [0.4, 0.5) is 0 Å². The summed E-state index contributed by atoms with van der Waals surface area (Å²) < 4.78 is 0. The maximum Gasteiger partial charge on any atom is 0.372 e. The summed E-state index contributed by atoms with van der Waals surface area (Å²) in [6.07, 6.45) is 6.19. The topological polar surface area (TPSA) is 66.4 Å². The number of rotatable bonds is 6. The maximum atomic E-state index is 11.7. The van der Waals surface area contributed by atoms with Crippen LogP contribution in [0, 0.1) is 5.92 Å². The van der Waals surface area contributed by atoms with Crippen molar-refractivity contribution in [2.75, 3.05) is 0 Å². The van der Waals surface area contributed by atoms with Gasteiger partial charge in [-0.3, -0.25) is 4.79 Å². The fourth-order valence-corrected chi connectivity index (χ4v) is 4.48. The van der Waals surface area contributed by atoms with Crippen molar-refractivity contribution in [2.45, 2.75) is 79.6 Å². The molecule has 0 radical (unpaired) electrons. The third kappa shape index (κ3) is 5.77. The lowest BCUT2D eigenvalue weighted by atomic mass is 9.81. The lowest BCUT2D eigenvalue weighted by Gasteiger charge is -2.37. The zero-order valence-electron chi connectivity index (χ0n) is 13.0. The van der Waals surface area contributed by atoms with Gasteiger partial charge in [-0.15, -0.1) is 34.8 Å². The second-order valence-corrected chi connectivity index (χ2v) is 8.50. The molecule has 0 aromatic carbocycles. The Morgan fingerprint density at radius 3 is 2.22 bits per heavy atom. The number of carboxylic acid groups (broad SMARTS) is 1. The van der Waals surface area contributed by atoms with Crippen LogP contribution in [0.15, 0.2) is 0 Å². The fourth-order valence-electron chi connectivity index (χ4n) is 3.66. The molecule has 2 aliphatic carbocycles. The molecule has 132 valence electrons. The first-order valence-electron chi connectivity index (χ1n) is 8.31. The monoisotopic (exact) mass is 383 g/mol. The van der Waals surface area contributed by atoms with Crippen molar-refractivity contribution in [1.29, 1.82) is 0 Å². The molecule has 23 heavy (non-hydrogen) atoms. The van der Waals surface area contributed by atoms with E-state index in [0.29, 0.717) is 0 Å². The van der Waals surface area contributed by atoms with Crippen molar-refractivity contribution >= 4 is 46.6 Å². The van der Waals surface area contributed by atoms with E-state index in [2.05, 4.69) is 5.32 Å². The van der Waals surface area contributed by atoms with Crippen LogP contribution in [0.2, 0.25) is 0 Å². The molecule has 0 spiro atoms. The number of carbonyl (C=O) groups excluding carboxylic acids is 1. The largest absolute Gasteiger partial charge is 0.476 e. The summed E-state index contributed by atoms with van der Waals surface area (Å²) in [5.74, 6) is -1.80. The van der Waals surface area contributed by atoms with Gasteiger partial charge < -0.3 is 10.4 Å². The average molecular weight is 385 g/mol. The predicted octanol–water partition coefficient (Wildman–Crippen LogP) is 3.55. The van der Waals surface area contributed by atoms with Crippen LogP contribution in [-0.2, 0) is 9.59 Å². The highest BCUT2D eigenvalue weighted by Crippen LogP contribution is 2.33. The molecular formula is C16H24Cl3NO3. The van der Waals surface area contributed by atoms with E-state index in [9.17, 15) is 9.59 Å². The van der Waals surface area contributed by atoms with Crippen LogP contribution in [0.5, 0.6) is 0 Å². The van der Waals surface area contributed by atoms with Crippen molar-refractivity contribution < 1.29 is 14.7 Å². The minimum absolute atomic E-state index is 0.0134. The average Bonchev–Trinajstić information content (AvgIpc) is 2.51. The van der Waals surface area contributed by atoms with Gasteiger partial charge in [-0.25, -0.2) is 4.79 Å². The van der Waals surface area contributed by atoms with E-state index in [1.165, 1.54) is 0 Å². The Morgan fingerprint density at radius 2 is 1.65 bits per heavy atom. The van der Waals surface area contributed by atoms with E-state index >= 15 is 0 Å². The molecule has 0 aromatic rings. The lowest BCUT2D eigenvalue weighted by molar-refractivity contribution is -0.149. The molecule has 0 saturated heterocycles. The first kappa shape index (κ1) is 19.3. The van der Waals surface area contributed by atoms with Crippen LogP contribution in [0.25, 0.3) is 0 Å². The van der Waals surface area contributed by atoms with Crippen LogP contribution in [-0.4, -0.2) is 45.1 Å². The van der Waals surface area contributed by atoms with Gasteiger partial charge in [0.15, 0.2) is 0 Å². The summed E-state index contributed by atoms with van der Waals surface area (Å²) in [4.78, 5) is 22.6. The molecule has 2 fully saturated rings. The number of carboxylic acids is 1. The molecule has 4 nitrogen and oxygen atoms in total. The molecule has 0 amide bonds. The molecule has 0 aliphatic heterocycles.